The van der Waals surface area contributed by atoms with Crippen LogP contribution < -0.4 is 0 Å². The molecule has 0 aromatic heterocycles. The molecule has 88 valence electrons. The predicted octanol–water partition coefficient (Wildman–Crippen LogP) is 3.35. The van der Waals surface area contributed by atoms with Gasteiger partial charge in [0.05, 0.1) is 11.6 Å². The zero-order valence-corrected chi connectivity index (χ0v) is 10.2. The normalized spacial score (nSPS) is 9.78. The Morgan fingerprint density at radius 2 is 1.89 bits per heavy atom. The molecule has 0 bridgehead atoms. The highest BCUT2D eigenvalue weighted by Crippen LogP contribution is 2.17. The van der Waals surface area contributed by atoms with Crippen molar-refractivity contribution in [2.75, 3.05) is 0 Å². The molecule has 2 rings (SSSR count). The summed E-state index contributed by atoms with van der Waals surface area (Å²) in [4.78, 5) is 12.4. The highest BCUT2D eigenvalue weighted by atomic mass is 16.1. The fourth-order valence-electron chi connectivity index (χ4n) is 1.91. The maximum Gasteiger partial charge on any atom is 0.193 e. The van der Waals surface area contributed by atoms with Crippen molar-refractivity contribution in [3.63, 3.8) is 0 Å². The summed E-state index contributed by atoms with van der Waals surface area (Å²) in [5.41, 5.74) is 2.78. The molecule has 0 heterocycles. The molecule has 0 spiro atoms. The number of benzene rings is 2. The van der Waals surface area contributed by atoms with Gasteiger partial charge >= 0.3 is 0 Å². The van der Waals surface area contributed by atoms with E-state index in [1.54, 1.807) is 24.3 Å². The van der Waals surface area contributed by atoms with Crippen molar-refractivity contribution < 1.29 is 4.79 Å². The van der Waals surface area contributed by atoms with Crippen LogP contribution >= 0.6 is 0 Å². The number of nitrogens with zero attached hydrogens (tertiary/aromatic N) is 1. The largest absolute Gasteiger partial charge is 0.289 e. The van der Waals surface area contributed by atoms with Crippen LogP contribution in [0, 0.1) is 11.3 Å². The highest BCUT2D eigenvalue weighted by molar-refractivity contribution is 6.10. The Balaban J connectivity index is 2.50. The SMILES string of the molecule is CCc1ccc(C#N)cc1C(=O)c1ccccc1. The third-order valence-corrected chi connectivity index (χ3v) is 2.90. The van der Waals surface area contributed by atoms with Gasteiger partial charge in [-0.1, -0.05) is 43.3 Å². The first kappa shape index (κ1) is 12.1. The third-order valence-electron chi connectivity index (χ3n) is 2.90. The Kier molecular flexibility index (Phi) is 3.54. The molecular weight excluding hydrogens is 222 g/mol. The summed E-state index contributed by atoms with van der Waals surface area (Å²) in [6, 6.07) is 16.5. The van der Waals surface area contributed by atoms with Gasteiger partial charge in [-0.3, -0.25) is 4.79 Å². The van der Waals surface area contributed by atoms with Crippen molar-refractivity contribution in [1.82, 2.24) is 0 Å². The minimum atomic E-state index is -0.0236. The van der Waals surface area contributed by atoms with Crippen molar-refractivity contribution in [3.8, 4) is 6.07 Å². The molecule has 0 atom stereocenters. The van der Waals surface area contributed by atoms with E-state index in [9.17, 15) is 4.79 Å². The standard InChI is InChI=1S/C16H13NO/c1-2-13-9-8-12(11-17)10-15(13)16(18)14-6-4-3-5-7-14/h3-10H,2H2,1H3. The summed E-state index contributed by atoms with van der Waals surface area (Å²) in [5, 5.41) is 8.92. The topological polar surface area (TPSA) is 40.9 Å². The molecule has 0 saturated heterocycles. The number of rotatable bonds is 3. The van der Waals surface area contributed by atoms with Gasteiger partial charge in [-0.15, -0.1) is 0 Å². The molecule has 0 aliphatic carbocycles. The summed E-state index contributed by atoms with van der Waals surface area (Å²) in [7, 11) is 0. The maximum absolute atomic E-state index is 12.4. The van der Waals surface area contributed by atoms with Gasteiger partial charge in [0.15, 0.2) is 5.78 Å². The van der Waals surface area contributed by atoms with E-state index in [4.69, 9.17) is 5.26 Å². The first-order valence-corrected chi connectivity index (χ1v) is 5.89. The molecule has 0 aliphatic rings. The smallest absolute Gasteiger partial charge is 0.193 e. The molecule has 0 unspecified atom stereocenters. The Bertz CT molecular complexity index is 609. The molecular formula is C16H13NO. The zero-order valence-electron chi connectivity index (χ0n) is 10.2. The second-order valence-corrected chi connectivity index (χ2v) is 4.03. The van der Waals surface area contributed by atoms with E-state index in [-0.39, 0.29) is 5.78 Å². The van der Waals surface area contributed by atoms with Gasteiger partial charge in [0.2, 0.25) is 0 Å². The first-order chi connectivity index (χ1) is 8.76. The molecule has 2 aromatic carbocycles. The molecule has 0 N–H and O–H groups in total. The van der Waals surface area contributed by atoms with Crippen LogP contribution in [0.15, 0.2) is 48.5 Å². The number of hydrogen-bond donors (Lipinski definition) is 0. The van der Waals surface area contributed by atoms with Gasteiger partial charge in [0.1, 0.15) is 0 Å². The van der Waals surface area contributed by atoms with Crippen molar-refractivity contribution in [2.45, 2.75) is 13.3 Å². The Morgan fingerprint density at radius 1 is 1.17 bits per heavy atom. The molecule has 0 saturated carbocycles. The number of hydrogen-bond acceptors (Lipinski definition) is 2. The predicted molar refractivity (Wildman–Crippen MR) is 70.4 cm³/mol. The Hall–Kier alpha value is -2.40. The van der Waals surface area contributed by atoms with Gasteiger partial charge in [0, 0.05) is 11.1 Å². The van der Waals surface area contributed by atoms with Crippen molar-refractivity contribution >= 4 is 5.78 Å². The zero-order chi connectivity index (χ0) is 13.0. The van der Waals surface area contributed by atoms with E-state index < -0.39 is 0 Å². The van der Waals surface area contributed by atoms with Gasteiger partial charge in [-0.25, -0.2) is 0 Å². The fourth-order valence-corrected chi connectivity index (χ4v) is 1.91. The lowest BCUT2D eigenvalue weighted by Crippen LogP contribution is -2.05. The maximum atomic E-state index is 12.4. The molecule has 0 aliphatic heterocycles. The summed E-state index contributed by atoms with van der Waals surface area (Å²) in [5.74, 6) is -0.0236. The van der Waals surface area contributed by atoms with Crippen LogP contribution in [0.3, 0.4) is 0 Å². The highest BCUT2D eigenvalue weighted by Gasteiger charge is 2.13. The van der Waals surface area contributed by atoms with Gasteiger partial charge in [0.25, 0.3) is 0 Å². The van der Waals surface area contributed by atoms with Crippen molar-refractivity contribution in [2.24, 2.45) is 0 Å². The number of nitriles is 1. The number of carbonyl (C=O) groups excluding carboxylic acids is 1. The minimum absolute atomic E-state index is 0.0236. The fraction of sp³-hybridized carbons (Fsp3) is 0.125. The Labute approximate surface area is 107 Å². The van der Waals surface area contributed by atoms with Crippen LogP contribution in [0.1, 0.15) is 34.0 Å². The summed E-state index contributed by atoms with van der Waals surface area (Å²) < 4.78 is 0. The van der Waals surface area contributed by atoms with Crippen molar-refractivity contribution in [1.29, 1.82) is 5.26 Å². The molecule has 0 fully saturated rings. The summed E-state index contributed by atoms with van der Waals surface area (Å²) in [6.45, 7) is 2.00. The number of ketones is 1. The number of carbonyl (C=O) groups is 1. The molecule has 2 heteroatoms. The lowest BCUT2D eigenvalue weighted by molar-refractivity contribution is 0.103. The van der Waals surface area contributed by atoms with Gasteiger partial charge in [-0.05, 0) is 24.1 Å². The van der Waals surface area contributed by atoms with Gasteiger partial charge < -0.3 is 0 Å². The van der Waals surface area contributed by atoms with Crippen LogP contribution in [0.5, 0.6) is 0 Å². The minimum Gasteiger partial charge on any atom is -0.289 e. The van der Waals surface area contributed by atoms with Crippen LogP contribution in [0.25, 0.3) is 0 Å². The van der Waals surface area contributed by atoms with E-state index in [0.717, 1.165) is 12.0 Å². The van der Waals surface area contributed by atoms with Crippen LogP contribution in [0.4, 0.5) is 0 Å². The van der Waals surface area contributed by atoms with E-state index >= 15 is 0 Å². The lowest BCUT2D eigenvalue weighted by atomic mass is 9.95. The molecule has 18 heavy (non-hydrogen) atoms. The molecule has 0 amide bonds. The second-order valence-electron chi connectivity index (χ2n) is 4.03. The van der Waals surface area contributed by atoms with E-state index in [1.165, 1.54) is 0 Å². The van der Waals surface area contributed by atoms with Crippen molar-refractivity contribution in [3.05, 3.63) is 70.8 Å². The average Bonchev–Trinajstić information content (AvgIpc) is 2.46. The molecule has 2 nitrogen and oxygen atoms in total. The van der Waals surface area contributed by atoms with Crippen LogP contribution in [-0.4, -0.2) is 5.78 Å². The number of aryl methyl sites for hydroxylation is 1. The lowest BCUT2D eigenvalue weighted by Gasteiger charge is -2.07. The van der Waals surface area contributed by atoms with E-state index in [0.29, 0.717) is 16.7 Å². The second kappa shape index (κ2) is 5.29. The average molecular weight is 235 g/mol. The third kappa shape index (κ3) is 2.31. The molecule has 0 radical (unpaired) electrons. The molecule has 2 aromatic rings. The van der Waals surface area contributed by atoms with Gasteiger partial charge in [-0.2, -0.15) is 5.26 Å². The summed E-state index contributed by atoms with van der Waals surface area (Å²) >= 11 is 0. The van der Waals surface area contributed by atoms with Crippen LogP contribution in [0.2, 0.25) is 0 Å². The van der Waals surface area contributed by atoms with Crippen LogP contribution in [-0.2, 0) is 6.42 Å². The van der Waals surface area contributed by atoms with E-state index in [2.05, 4.69) is 6.07 Å². The Morgan fingerprint density at radius 3 is 2.50 bits per heavy atom. The monoisotopic (exact) mass is 235 g/mol. The summed E-state index contributed by atoms with van der Waals surface area (Å²) in [6.07, 6.45) is 0.777. The van der Waals surface area contributed by atoms with E-state index in [1.807, 2.05) is 31.2 Å². The first-order valence-electron chi connectivity index (χ1n) is 5.89. The quantitative estimate of drug-likeness (QED) is 0.765.